The summed E-state index contributed by atoms with van der Waals surface area (Å²) in [6.45, 7) is 8.92. The van der Waals surface area contributed by atoms with Crippen molar-refractivity contribution in [2.75, 3.05) is 13.1 Å². The van der Waals surface area contributed by atoms with E-state index in [9.17, 15) is 4.79 Å². The van der Waals surface area contributed by atoms with Gasteiger partial charge in [0.25, 0.3) is 0 Å². The van der Waals surface area contributed by atoms with Crippen LogP contribution < -0.4 is 5.32 Å². The highest BCUT2D eigenvalue weighted by molar-refractivity contribution is 5.79. The van der Waals surface area contributed by atoms with E-state index in [4.69, 9.17) is 0 Å². The molecular formula is C19H27N5O. The van der Waals surface area contributed by atoms with Gasteiger partial charge < -0.3 is 5.32 Å². The van der Waals surface area contributed by atoms with Crippen molar-refractivity contribution in [3.05, 3.63) is 48.0 Å². The molecule has 2 aromatic rings. The number of rotatable bonds is 6. The van der Waals surface area contributed by atoms with Crippen LogP contribution in [0.5, 0.6) is 0 Å². The van der Waals surface area contributed by atoms with Crippen molar-refractivity contribution in [1.29, 1.82) is 0 Å². The van der Waals surface area contributed by atoms with Gasteiger partial charge >= 0.3 is 0 Å². The van der Waals surface area contributed by atoms with Crippen LogP contribution >= 0.6 is 0 Å². The van der Waals surface area contributed by atoms with E-state index in [1.54, 1.807) is 11.0 Å². The van der Waals surface area contributed by atoms with E-state index in [-0.39, 0.29) is 11.9 Å². The molecule has 0 saturated carbocycles. The predicted molar refractivity (Wildman–Crippen MR) is 96.9 cm³/mol. The van der Waals surface area contributed by atoms with Crippen LogP contribution in [0.1, 0.15) is 37.9 Å². The fourth-order valence-electron chi connectivity index (χ4n) is 3.48. The number of nitrogens with zero attached hydrogens (tertiary/aromatic N) is 4. The third kappa shape index (κ3) is 4.07. The maximum atomic E-state index is 12.4. The number of carbonyl (C=O) groups is 1. The van der Waals surface area contributed by atoms with Crippen molar-refractivity contribution in [3.63, 3.8) is 0 Å². The quantitative estimate of drug-likeness (QED) is 0.873. The summed E-state index contributed by atoms with van der Waals surface area (Å²) < 4.78 is 1.58. The van der Waals surface area contributed by atoms with Crippen molar-refractivity contribution < 1.29 is 4.79 Å². The molecule has 0 aliphatic carbocycles. The largest absolute Gasteiger partial charge is 0.353 e. The van der Waals surface area contributed by atoms with Gasteiger partial charge in [0.15, 0.2) is 0 Å². The van der Waals surface area contributed by atoms with Gasteiger partial charge in [-0.1, -0.05) is 38.1 Å². The Hall–Kier alpha value is -2.21. The number of nitrogens with one attached hydrogen (secondary N) is 1. The van der Waals surface area contributed by atoms with E-state index < -0.39 is 0 Å². The summed E-state index contributed by atoms with van der Waals surface area (Å²) in [5.74, 6) is 0.445. The standard InChI is InChI=1S/C19H27N5O/c1-14(2)18(10-21-19(25)15(3)24-13-20-12-22-24)23-9-8-16-6-4-5-7-17(16)11-23/h4-7,12-15,18H,8-11H2,1-3H3,(H,21,25)/t15-,18+/m0/s1. The first kappa shape index (κ1) is 17.6. The molecule has 2 atom stereocenters. The molecule has 0 fully saturated rings. The number of benzene rings is 1. The average molecular weight is 341 g/mol. The Morgan fingerprint density at radius 2 is 2.00 bits per heavy atom. The second-order valence-corrected chi connectivity index (χ2v) is 7.10. The first-order valence-corrected chi connectivity index (χ1v) is 8.99. The molecule has 25 heavy (non-hydrogen) atoms. The summed E-state index contributed by atoms with van der Waals surface area (Å²) in [6, 6.07) is 8.62. The molecule has 1 N–H and O–H groups in total. The molecule has 1 aromatic heterocycles. The number of hydrogen-bond donors (Lipinski definition) is 1. The molecule has 1 aliphatic rings. The van der Waals surface area contributed by atoms with Gasteiger partial charge in [-0.05, 0) is 30.4 Å². The van der Waals surface area contributed by atoms with E-state index in [1.165, 1.54) is 17.5 Å². The molecule has 1 aliphatic heterocycles. The molecule has 0 spiro atoms. The molecule has 3 rings (SSSR count). The van der Waals surface area contributed by atoms with Gasteiger partial charge in [-0.3, -0.25) is 9.69 Å². The lowest BCUT2D eigenvalue weighted by molar-refractivity contribution is -0.124. The Morgan fingerprint density at radius 1 is 1.24 bits per heavy atom. The van der Waals surface area contributed by atoms with Gasteiger partial charge in [0.2, 0.25) is 5.91 Å². The van der Waals surface area contributed by atoms with Gasteiger partial charge in [0.05, 0.1) is 0 Å². The van der Waals surface area contributed by atoms with Crippen LogP contribution in [-0.4, -0.2) is 44.7 Å². The zero-order valence-corrected chi connectivity index (χ0v) is 15.2. The lowest BCUT2D eigenvalue weighted by Crippen LogP contribution is -2.49. The van der Waals surface area contributed by atoms with Crippen molar-refractivity contribution in [2.24, 2.45) is 5.92 Å². The van der Waals surface area contributed by atoms with Crippen LogP contribution in [0.25, 0.3) is 0 Å². The van der Waals surface area contributed by atoms with E-state index >= 15 is 0 Å². The van der Waals surface area contributed by atoms with E-state index in [2.05, 4.69) is 58.4 Å². The Morgan fingerprint density at radius 3 is 2.68 bits per heavy atom. The fourth-order valence-corrected chi connectivity index (χ4v) is 3.48. The molecule has 6 nitrogen and oxygen atoms in total. The van der Waals surface area contributed by atoms with Gasteiger partial charge in [-0.25, -0.2) is 9.67 Å². The van der Waals surface area contributed by atoms with Crippen LogP contribution in [0.2, 0.25) is 0 Å². The van der Waals surface area contributed by atoms with Crippen LogP contribution in [0.4, 0.5) is 0 Å². The van der Waals surface area contributed by atoms with Gasteiger partial charge in [0.1, 0.15) is 18.7 Å². The van der Waals surface area contributed by atoms with Crippen LogP contribution in [-0.2, 0) is 17.8 Å². The first-order chi connectivity index (χ1) is 12.1. The topological polar surface area (TPSA) is 63.1 Å². The van der Waals surface area contributed by atoms with Gasteiger partial charge in [0, 0.05) is 25.7 Å². The normalized spacial score (nSPS) is 17.1. The number of carbonyl (C=O) groups excluding carboxylic acids is 1. The lowest BCUT2D eigenvalue weighted by atomic mass is 9.95. The lowest BCUT2D eigenvalue weighted by Gasteiger charge is -2.38. The third-order valence-corrected chi connectivity index (χ3v) is 5.10. The van der Waals surface area contributed by atoms with E-state index in [0.717, 1.165) is 19.5 Å². The Kier molecular flexibility index (Phi) is 5.48. The predicted octanol–water partition coefficient (Wildman–Crippen LogP) is 2.04. The highest BCUT2D eigenvalue weighted by Gasteiger charge is 2.27. The minimum absolute atomic E-state index is 0.0199. The SMILES string of the molecule is CC(C)[C@@H](CNC(=O)[C@H](C)n1cncn1)N1CCc2ccccc2C1. The molecule has 2 heterocycles. The summed E-state index contributed by atoms with van der Waals surface area (Å²) >= 11 is 0. The Bertz CT molecular complexity index is 698. The third-order valence-electron chi connectivity index (χ3n) is 5.10. The second kappa shape index (κ2) is 7.78. The van der Waals surface area contributed by atoms with Crippen molar-refractivity contribution in [3.8, 4) is 0 Å². The van der Waals surface area contributed by atoms with Gasteiger partial charge in [-0.2, -0.15) is 5.10 Å². The molecule has 134 valence electrons. The minimum atomic E-state index is -0.350. The molecule has 1 amide bonds. The Labute approximate surface area is 149 Å². The highest BCUT2D eigenvalue weighted by atomic mass is 16.2. The summed E-state index contributed by atoms with van der Waals surface area (Å²) in [5.41, 5.74) is 2.85. The monoisotopic (exact) mass is 341 g/mol. The van der Waals surface area contributed by atoms with Crippen LogP contribution in [0, 0.1) is 5.92 Å². The summed E-state index contributed by atoms with van der Waals surface area (Å²) in [4.78, 5) is 18.8. The molecule has 0 bridgehead atoms. The van der Waals surface area contributed by atoms with Crippen LogP contribution in [0.15, 0.2) is 36.9 Å². The maximum Gasteiger partial charge on any atom is 0.244 e. The molecule has 0 radical (unpaired) electrons. The summed E-state index contributed by atoms with van der Waals surface area (Å²) in [7, 11) is 0. The highest BCUT2D eigenvalue weighted by Crippen LogP contribution is 2.22. The van der Waals surface area contributed by atoms with E-state index in [1.807, 2.05) is 6.92 Å². The smallest absolute Gasteiger partial charge is 0.244 e. The molecule has 0 saturated heterocycles. The molecular weight excluding hydrogens is 314 g/mol. The second-order valence-electron chi connectivity index (χ2n) is 7.10. The number of hydrogen-bond acceptors (Lipinski definition) is 4. The Balaban J connectivity index is 1.61. The number of fused-ring (bicyclic) bond motifs is 1. The fraction of sp³-hybridized carbons (Fsp3) is 0.526. The number of aromatic nitrogens is 3. The zero-order valence-electron chi connectivity index (χ0n) is 15.2. The minimum Gasteiger partial charge on any atom is -0.353 e. The maximum absolute atomic E-state index is 12.4. The van der Waals surface area contributed by atoms with Crippen molar-refractivity contribution in [1.82, 2.24) is 25.0 Å². The molecule has 0 unspecified atom stereocenters. The van der Waals surface area contributed by atoms with Gasteiger partial charge in [-0.15, -0.1) is 0 Å². The average Bonchev–Trinajstić information content (AvgIpc) is 3.15. The first-order valence-electron chi connectivity index (χ1n) is 8.99. The zero-order chi connectivity index (χ0) is 17.8. The summed E-state index contributed by atoms with van der Waals surface area (Å²) in [5, 5.41) is 7.15. The summed E-state index contributed by atoms with van der Waals surface area (Å²) in [6.07, 6.45) is 4.10. The number of amides is 1. The van der Waals surface area contributed by atoms with Crippen molar-refractivity contribution in [2.45, 2.75) is 45.8 Å². The molecule has 1 aromatic carbocycles. The van der Waals surface area contributed by atoms with E-state index in [0.29, 0.717) is 18.5 Å². The van der Waals surface area contributed by atoms with Crippen molar-refractivity contribution >= 4 is 5.91 Å². The molecule has 6 heteroatoms. The van der Waals surface area contributed by atoms with Crippen LogP contribution in [0.3, 0.4) is 0 Å².